The lowest BCUT2D eigenvalue weighted by molar-refractivity contribution is -0.0787. The Hall–Kier alpha value is -1.54. The Morgan fingerprint density at radius 1 is 1.31 bits per heavy atom. The summed E-state index contributed by atoms with van der Waals surface area (Å²) < 4.78 is 11.0. The predicted molar refractivity (Wildman–Crippen MR) is 109 cm³/mol. The number of nitrogens with two attached hydrogens (primary N) is 1. The smallest absolute Gasteiger partial charge is 0.255 e. The molecule has 0 aromatic heterocycles. The zero-order valence-electron chi connectivity index (χ0n) is 16.5. The Kier molecular flexibility index (Phi) is 4.89. The van der Waals surface area contributed by atoms with Gasteiger partial charge in [-0.3, -0.25) is 9.69 Å². The van der Waals surface area contributed by atoms with Crippen LogP contribution in [0.2, 0.25) is 5.02 Å². The van der Waals surface area contributed by atoms with Gasteiger partial charge in [-0.2, -0.15) is 0 Å². The number of nitrogen functional groups attached to an aromatic ring is 1. The molecule has 4 aliphatic rings. The van der Waals surface area contributed by atoms with E-state index in [1.54, 1.807) is 6.07 Å². The Morgan fingerprint density at radius 2 is 2.03 bits per heavy atom. The van der Waals surface area contributed by atoms with Crippen LogP contribution in [0.1, 0.15) is 28.8 Å². The molecule has 0 radical (unpaired) electrons. The minimum Gasteiger partial charge on any atom is -0.492 e. The maximum Gasteiger partial charge on any atom is 0.255 e. The average molecular weight is 422 g/mol. The molecule has 3 fully saturated rings. The van der Waals surface area contributed by atoms with Crippen molar-refractivity contribution in [1.82, 2.24) is 10.2 Å². The Bertz CT molecular complexity index is 815. The molecule has 1 amide bonds. The van der Waals surface area contributed by atoms with Crippen LogP contribution < -0.4 is 15.8 Å². The Morgan fingerprint density at radius 3 is 2.76 bits per heavy atom. The van der Waals surface area contributed by atoms with Gasteiger partial charge >= 0.3 is 0 Å². The van der Waals surface area contributed by atoms with Gasteiger partial charge < -0.3 is 25.6 Å². The summed E-state index contributed by atoms with van der Waals surface area (Å²) in [6.07, 6.45) is 2.12. The number of piperidine rings is 1. The van der Waals surface area contributed by atoms with Crippen LogP contribution in [-0.2, 0) is 11.2 Å². The fourth-order valence-corrected chi connectivity index (χ4v) is 5.56. The number of hydrogen-bond donors (Lipinski definition) is 3. The summed E-state index contributed by atoms with van der Waals surface area (Å²) in [6, 6.07) is 1.61. The van der Waals surface area contributed by atoms with Crippen molar-refractivity contribution in [1.29, 1.82) is 0 Å². The first kappa shape index (κ1) is 19.4. The van der Waals surface area contributed by atoms with Crippen LogP contribution in [0.25, 0.3) is 0 Å². The van der Waals surface area contributed by atoms with Crippen LogP contribution in [0.15, 0.2) is 6.07 Å². The van der Waals surface area contributed by atoms with E-state index in [4.69, 9.17) is 26.8 Å². The zero-order valence-corrected chi connectivity index (χ0v) is 17.2. The maximum absolute atomic E-state index is 12.7. The molecule has 3 heterocycles. The standard InChI is InChI=1S/C21H28ClN3O4/c22-17-7-13(19-12(18(17)23)1-4-29-19)20(26)24-8-14-15-9-25(10-16(14)15)11-21(27)2-5-28-6-3-21/h7,14-16,27H,1-6,8-11,23H2,(H,24,26). The van der Waals surface area contributed by atoms with Crippen LogP contribution in [0.5, 0.6) is 5.75 Å². The van der Waals surface area contributed by atoms with Crippen molar-refractivity contribution in [2.45, 2.75) is 24.9 Å². The van der Waals surface area contributed by atoms with Crippen molar-refractivity contribution in [2.75, 3.05) is 51.7 Å². The van der Waals surface area contributed by atoms with Crippen molar-refractivity contribution in [2.24, 2.45) is 17.8 Å². The van der Waals surface area contributed by atoms with Crippen LogP contribution in [0.4, 0.5) is 5.69 Å². The quantitative estimate of drug-likeness (QED) is 0.620. The van der Waals surface area contributed by atoms with E-state index in [1.165, 1.54) is 0 Å². The largest absolute Gasteiger partial charge is 0.492 e. The number of β-amino-alcohol motifs (C(OH)–C–C–N with tert-alkyl or cyclic N) is 1. The normalized spacial score (nSPS) is 29.8. The second-order valence-corrected chi connectivity index (χ2v) is 9.37. The summed E-state index contributed by atoms with van der Waals surface area (Å²) in [5.74, 6) is 2.16. The van der Waals surface area contributed by atoms with E-state index < -0.39 is 5.60 Å². The fourth-order valence-electron chi connectivity index (χ4n) is 5.34. The van der Waals surface area contributed by atoms with Crippen molar-refractivity contribution in [3.8, 4) is 5.75 Å². The molecule has 2 atom stereocenters. The van der Waals surface area contributed by atoms with Crippen molar-refractivity contribution < 1.29 is 19.4 Å². The van der Waals surface area contributed by atoms with Crippen LogP contribution >= 0.6 is 11.6 Å². The number of carbonyl (C=O) groups excluding carboxylic acids is 1. The van der Waals surface area contributed by atoms with Gasteiger partial charge in [-0.05, 0) is 23.8 Å². The van der Waals surface area contributed by atoms with Crippen molar-refractivity contribution in [3.05, 3.63) is 22.2 Å². The Labute approximate surface area is 175 Å². The van der Waals surface area contributed by atoms with Crippen molar-refractivity contribution >= 4 is 23.2 Å². The molecule has 1 aliphatic carbocycles. The van der Waals surface area contributed by atoms with E-state index in [2.05, 4.69) is 10.2 Å². The minimum atomic E-state index is -0.604. The molecule has 2 unspecified atom stereocenters. The van der Waals surface area contributed by atoms with Crippen LogP contribution in [0, 0.1) is 17.8 Å². The number of fused-ring (bicyclic) bond motifs is 2. The zero-order chi connectivity index (χ0) is 20.2. The molecule has 4 N–H and O–H groups in total. The topological polar surface area (TPSA) is 97.1 Å². The number of aliphatic hydroxyl groups is 1. The molecule has 0 bridgehead atoms. The number of hydrogen-bond acceptors (Lipinski definition) is 6. The van der Waals surface area contributed by atoms with E-state index >= 15 is 0 Å². The summed E-state index contributed by atoms with van der Waals surface area (Å²) in [5, 5.41) is 14.2. The molecular formula is C21H28ClN3O4. The van der Waals surface area contributed by atoms with E-state index in [0.717, 1.165) is 38.0 Å². The minimum absolute atomic E-state index is 0.150. The highest BCUT2D eigenvalue weighted by atomic mass is 35.5. The molecule has 8 heteroatoms. The molecule has 158 valence electrons. The second-order valence-electron chi connectivity index (χ2n) is 8.96. The monoisotopic (exact) mass is 421 g/mol. The van der Waals surface area contributed by atoms with Gasteiger partial charge in [0, 0.05) is 64.2 Å². The summed E-state index contributed by atoms with van der Waals surface area (Å²) in [6.45, 7) is 5.22. The number of anilines is 1. The third-order valence-corrected chi connectivity index (χ3v) is 7.41. The highest BCUT2D eigenvalue weighted by molar-refractivity contribution is 6.33. The number of carbonyl (C=O) groups is 1. The number of likely N-dealkylation sites (tertiary alicyclic amines) is 1. The fraction of sp³-hybridized carbons (Fsp3) is 0.667. The Balaban J connectivity index is 1.14. The SMILES string of the molecule is Nc1c(Cl)cc(C(=O)NCC2C3CN(CC4(O)CCOCC4)CC23)c2c1CCO2. The first-order chi connectivity index (χ1) is 14.0. The van der Waals surface area contributed by atoms with Gasteiger partial charge in [0.05, 0.1) is 28.5 Å². The number of benzene rings is 1. The van der Waals surface area contributed by atoms with E-state index in [0.29, 0.717) is 72.6 Å². The summed E-state index contributed by atoms with van der Waals surface area (Å²) in [4.78, 5) is 15.1. The lowest BCUT2D eigenvalue weighted by Crippen LogP contribution is -2.47. The van der Waals surface area contributed by atoms with E-state index in [1.807, 2.05) is 0 Å². The summed E-state index contributed by atoms with van der Waals surface area (Å²) in [7, 11) is 0. The van der Waals surface area contributed by atoms with Gasteiger partial charge in [-0.15, -0.1) is 0 Å². The molecule has 29 heavy (non-hydrogen) atoms. The second kappa shape index (κ2) is 7.30. The third-order valence-electron chi connectivity index (χ3n) is 7.10. The summed E-state index contributed by atoms with van der Waals surface area (Å²) >= 11 is 6.21. The maximum atomic E-state index is 12.7. The molecule has 2 saturated heterocycles. The molecule has 0 spiro atoms. The number of nitrogens with one attached hydrogen (secondary N) is 1. The summed E-state index contributed by atoms with van der Waals surface area (Å²) in [5.41, 5.74) is 7.24. The van der Waals surface area contributed by atoms with Crippen LogP contribution in [0.3, 0.4) is 0 Å². The number of nitrogens with zero attached hydrogens (tertiary/aromatic N) is 1. The van der Waals surface area contributed by atoms with E-state index in [9.17, 15) is 9.90 Å². The molecule has 5 rings (SSSR count). The van der Waals surface area contributed by atoms with Gasteiger partial charge in [-0.1, -0.05) is 11.6 Å². The van der Waals surface area contributed by atoms with E-state index in [-0.39, 0.29) is 5.91 Å². The first-order valence-electron chi connectivity index (χ1n) is 10.5. The highest BCUT2D eigenvalue weighted by Crippen LogP contribution is 2.51. The molecule has 3 aliphatic heterocycles. The number of rotatable bonds is 5. The van der Waals surface area contributed by atoms with Gasteiger partial charge in [0.15, 0.2) is 0 Å². The van der Waals surface area contributed by atoms with Crippen molar-refractivity contribution in [3.63, 3.8) is 0 Å². The predicted octanol–water partition coefficient (Wildman–Crippen LogP) is 1.31. The van der Waals surface area contributed by atoms with Crippen LogP contribution in [-0.4, -0.2) is 67.5 Å². The van der Waals surface area contributed by atoms with Gasteiger partial charge in [0.25, 0.3) is 5.91 Å². The van der Waals surface area contributed by atoms with Gasteiger partial charge in [0.1, 0.15) is 5.75 Å². The molecule has 1 aromatic rings. The molecule has 1 saturated carbocycles. The van der Waals surface area contributed by atoms with Gasteiger partial charge in [0.2, 0.25) is 0 Å². The number of amides is 1. The number of ether oxygens (including phenoxy) is 2. The lowest BCUT2D eigenvalue weighted by atomic mass is 9.93. The third kappa shape index (κ3) is 3.58. The molecule has 7 nitrogen and oxygen atoms in total. The number of halogens is 1. The average Bonchev–Trinajstić information content (AvgIpc) is 3.06. The molecule has 1 aromatic carbocycles. The van der Waals surface area contributed by atoms with Gasteiger partial charge in [-0.25, -0.2) is 0 Å². The lowest BCUT2D eigenvalue weighted by Gasteiger charge is -2.36. The first-order valence-corrected chi connectivity index (χ1v) is 10.9. The highest BCUT2D eigenvalue weighted by Gasteiger charge is 2.56. The molecular weight excluding hydrogens is 394 g/mol.